The van der Waals surface area contributed by atoms with Crippen molar-refractivity contribution in [2.75, 3.05) is 62.9 Å². The highest BCUT2D eigenvalue weighted by Crippen LogP contribution is 2.35. The van der Waals surface area contributed by atoms with Gasteiger partial charge in [-0.3, -0.25) is 19.2 Å². The van der Waals surface area contributed by atoms with Crippen LogP contribution in [0.25, 0.3) is 10.9 Å². The number of benzene rings is 2. The number of thioether (sulfide) groups is 1. The lowest BCUT2D eigenvalue weighted by Crippen LogP contribution is -2.49. The molecule has 1 N–H and O–H groups in total. The van der Waals surface area contributed by atoms with Gasteiger partial charge in [0.1, 0.15) is 11.9 Å². The van der Waals surface area contributed by atoms with Crippen LogP contribution in [0.15, 0.2) is 42.5 Å². The van der Waals surface area contributed by atoms with Crippen molar-refractivity contribution < 1.29 is 28.7 Å². The van der Waals surface area contributed by atoms with Gasteiger partial charge in [-0.1, -0.05) is 49.0 Å². The molecule has 1 aromatic heterocycles. The van der Waals surface area contributed by atoms with Crippen LogP contribution in [0.2, 0.25) is 0 Å². The van der Waals surface area contributed by atoms with Gasteiger partial charge >= 0.3 is 0 Å². The first-order valence-electron chi connectivity index (χ1n) is 15.4. The summed E-state index contributed by atoms with van der Waals surface area (Å²) in [4.78, 5) is 66.5. The third kappa shape index (κ3) is 7.52. The molecule has 0 radical (unpaired) electrons. The molecule has 0 spiro atoms. The molecule has 2 aliphatic heterocycles. The fourth-order valence-electron chi connectivity index (χ4n) is 5.82. The van der Waals surface area contributed by atoms with Crippen LogP contribution < -0.4 is 19.7 Å². The average Bonchev–Trinajstić information content (AvgIpc) is 3.57. The number of aromatic nitrogens is 2. The predicted octanol–water partition coefficient (Wildman–Crippen LogP) is 3.38. The molecule has 0 saturated carbocycles. The van der Waals surface area contributed by atoms with E-state index in [2.05, 4.69) is 5.32 Å². The first kappa shape index (κ1) is 33.0. The maximum absolute atomic E-state index is 13.8. The maximum Gasteiger partial charge on any atom is 0.248 e. The molecule has 0 aliphatic carbocycles. The monoisotopic (exact) mass is 648 g/mol. The number of rotatable bonds is 10. The second kappa shape index (κ2) is 14.8. The van der Waals surface area contributed by atoms with Crippen LogP contribution in [-0.2, 0) is 25.6 Å². The number of amides is 3. The standard InChI is InChI=1S/C33H40N6O6S/c1-21(20-46-22(2)40)32(43)39-12-8-11-26(39)31(42)35-30-24-18-27(44-3)28(45-4)19-25(24)34-33(36-30)38-15-13-37(14-16-38)29(41)17-23-9-6-5-7-10-23/h5-7,9-10,18-19,21,26H,8,11-17,20H2,1-4H3,(H,34,35,36,42). The summed E-state index contributed by atoms with van der Waals surface area (Å²) in [5, 5.41) is 3.51. The zero-order valence-corrected chi connectivity index (χ0v) is 27.5. The molecule has 0 bridgehead atoms. The molecule has 244 valence electrons. The van der Waals surface area contributed by atoms with E-state index < -0.39 is 12.0 Å². The Kier molecular flexibility index (Phi) is 10.6. The molecule has 2 aliphatic rings. The Bertz CT molecular complexity index is 1600. The summed E-state index contributed by atoms with van der Waals surface area (Å²) in [6.45, 7) is 5.80. The number of methoxy groups -OCH3 is 2. The van der Waals surface area contributed by atoms with Crippen LogP contribution in [0.5, 0.6) is 11.5 Å². The number of likely N-dealkylation sites (tertiary alicyclic amines) is 1. The van der Waals surface area contributed by atoms with E-state index in [1.165, 1.54) is 14.0 Å². The minimum absolute atomic E-state index is 0.0472. The Morgan fingerprint density at radius 3 is 2.35 bits per heavy atom. The van der Waals surface area contributed by atoms with Crippen LogP contribution >= 0.6 is 11.8 Å². The summed E-state index contributed by atoms with van der Waals surface area (Å²) in [7, 11) is 3.07. The average molecular weight is 649 g/mol. The molecule has 3 amide bonds. The highest BCUT2D eigenvalue weighted by atomic mass is 32.2. The Hall–Kier alpha value is -4.39. The molecular formula is C33H40N6O6S. The quantitative estimate of drug-likeness (QED) is 0.349. The first-order valence-corrected chi connectivity index (χ1v) is 16.4. The number of carbonyl (C=O) groups is 4. The largest absolute Gasteiger partial charge is 0.493 e. The van der Waals surface area contributed by atoms with Gasteiger partial charge in [-0.2, -0.15) is 4.98 Å². The molecule has 3 heterocycles. The highest BCUT2D eigenvalue weighted by molar-refractivity contribution is 8.13. The van der Waals surface area contributed by atoms with Crippen molar-refractivity contribution in [3.05, 3.63) is 48.0 Å². The van der Waals surface area contributed by atoms with Crippen LogP contribution in [-0.4, -0.2) is 101 Å². The number of anilines is 2. The van der Waals surface area contributed by atoms with E-state index in [1.54, 1.807) is 31.1 Å². The Balaban J connectivity index is 1.37. The molecule has 2 atom stereocenters. The van der Waals surface area contributed by atoms with Gasteiger partial charge in [0.2, 0.25) is 23.7 Å². The second-order valence-electron chi connectivity index (χ2n) is 11.5. The van der Waals surface area contributed by atoms with Crippen molar-refractivity contribution in [3.8, 4) is 11.5 Å². The number of piperazine rings is 1. The van der Waals surface area contributed by atoms with E-state index in [0.29, 0.717) is 91.9 Å². The number of ether oxygens (including phenoxy) is 2. The van der Waals surface area contributed by atoms with Crippen molar-refractivity contribution in [1.29, 1.82) is 0 Å². The first-order chi connectivity index (χ1) is 22.2. The molecular weight excluding hydrogens is 608 g/mol. The summed E-state index contributed by atoms with van der Waals surface area (Å²) in [6, 6.07) is 12.5. The zero-order valence-electron chi connectivity index (χ0n) is 26.7. The van der Waals surface area contributed by atoms with Crippen molar-refractivity contribution >= 4 is 57.3 Å². The fourth-order valence-corrected chi connectivity index (χ4v) is 6.45. The molecule has 3 aromatic rings. The summed E-state index contributed by atoms with van der Waals surface area (Å²) in [5.41, 5.74) is 1.53. The van der Waals surface area contributed by atoms with Gasteiger partial charge in [-0.15, -0.1) is 0 Å². The maximum atomic E-state index is 13.8. The van der Waals surface area contributed by atoms with Crippen molar-refractivity contribution in [2.24, 2.45) is 5.92 Å². The van der Waals surface area contributed by atoms with Gasteiger partial charge in [0.05, 0.1) is 26.2 Å². The Morgan fingerprint density at radius 2 is 1.67 bits per heavy atom. The number of nitrogens with zero attached hydrogens (tertiary/aromatic N) is 5. The lowest BCUT2D eigenvalue weighted by atomic mass is 10.1. The summed E-state index contributed by atoms with van der Waals surface area (Å²) in [6.07, 6.45) is 1.57. The normalized spacial score (nSPS) is 17.1. The van der Waals surface area contributed by atoms with Gasteiger partial charge in [0, 0.05) is 62.8 Å². The van der Waals surface area contributed by atoms with Gasteiger partial charge in [-0.05, 0) is 24.5 Å². The van der Waals surface area contributed by atoms with E-state index in [-0.39, 0.29) is 22.8 Å². The van der Waals surface area contributed by atoms with E-state index >= 15 is 0 Å². The molecule has 46 heavy (non-hydrogen) atoms. The summed E-state index contributed by atoms with van der Waals surface area (Å²) >= 11 is 1.11. The number of hydrogen-bond donors (Lipinski definition) is 1. The third-order valence-corrected chi connectivity index (χ3v) is 9.41. The smallest absolute Gasteiger partial charge is 0.248 e. The topological polar surface area (TPSA) is 134 Å². The zero-order chi connectivity index (χ0) is 32.8. The van der Waals surface area contributed by atoms with E-state index in [1.807, 2.05) is 40.1 Å². The summed E-state index contributed by atoms with van der Waals surface area (Å²) < 4.78 is 11.0. The van der Waals surface area contributed by atoms with Crippen molar-refractivity contribution in [3.63, 3.8) is 0 Å². The molecule has 13 heteroatoms. The van der Waals surface area contributed by atoms with Crippen LogP contribution in [0.4, 0.5) is 11.8 Å². The molecule has 12 nitrogen and oxygen atoms in total. The van der Waals surface area contributed by atoms with Gasteiger partial charge < -0.3 is 29.5 Å². The SMILES string of the molecule is COc1cc2nc(N3CCN(C(=O)Cc4ccccc4)CC3)nc(NC(=O)C3CCCN3C(=O)C(C)CSC(C)=O)c2cc1OC. The van der Waals surface area contributed by atoms with Crippen LogP contribution in [0.1, 0.15) is 32.3 Å². The van der Waals surface area contributed by atoms with Gasteiger partial charge in [-0.25, -0.2) is 4.98 Å². The number of nitrogens with one attached hydrogen (secondary N) is 1. The van der Waals surface area contributed by atoms with Crippen molar-refractivity contribution in [1.82, 2.24) is 19.8 Å². The van der Waals surface area contributed by atoms with Crippen molar-refractivity contribution in [2.45, 2.75) is 39.2 Å². The minimum atomic E-state index is -0.662. The Labute approximate surface area is 272 Å². The molecule has 2 aromatic carbocycles. The minimum Gasteiger partial charge on any atom is -0.493 e. The highest BCUT2D eigenvalue weighted by Gasteiger charge is 2.36. The Morgan fingerprint density at radius 1 is 0.978 bits per heavy atom. The molecule has 2 fully saturated rings. The molecule has 2 saturated heterocycles. The number of fused-ring (bicyclic) bond motifs is 1. The van der Waals surface area contributed by atoms with E-state index in [9.17, 15) is 19.2 Å². The second-order valence-corrected chi connectivity index (χ2v) is 12.7. The van der Waals surface area contributed by atoms with Crippen LogP contribution in [0, 0.1) is 5.92 Å². The molecule has 5 rings (SSSR count). The number of carbonyl (C=O) groups excluding carboxylic acids is 4. The molecule has 2 unspecified atom stereocenters. The van der Waals surface area contributed by atoms with Gasteiger partial charge in [0.25, 0.3) is 0 Å². The predicted molar refractivity (Wildman–Crippen MR) is 177 cm³/mol. The fraction of sp³-hybridized carbons (Fsp3) is 0.455. The number of hydrogen-bond acceptors (Lipinski definition) is 10. The van der Waals surface area contributed by atoms with E-state index in [4.69, 9.17) is 19.4 Å². The lowest BCUT2D eigenvalue weighted by Gasteiger charge is -2.35. The van der Waals surface area contributed by atoms with Gasteiger partial charge in [0.15, 0.2) is 16.6 Å². The van der Waals surface area contributed by atoms with Crippen LogP contribution in [0.3, 0.4) is 0 Å². The summed E-state index contributed by atoms with van der Waals surface area (Å²) in [5.74, 6) is 1.21. The lowest BCUT2D eigenvalue weighted by molar-refractivity contribution is -0.139. The van der Waals surface area contributed by atoms with E-state index in [0.717, 1.165) is 17.3 Å². The third-order valence-electron chi connectivity index (χ3n) is 8.34.